The lowest BCUT2D eigenvalue weighted by Crippen LogP contribution is -2.08. The van der Waals surface area contributed by atoms with Crippen molar-refractivity contribution in [3.8, 4) is 0 Å². The van der Waals surface area contributed by atoms with E-state index in [0.717, 1.165) is 11.3 Å². The summed E-state index contributed by atoms with van der Waals surface area (Å²) in [6.45, 7) is 3.76. The van der Waals surface area contributed by atoms with Gasteiger partial charge in [0.25, 0.3) is 5.69 Å². The molecule has 1 N–H and O–H groups in total. The number of nitro groups is 1. The van der Waals surface area contributed by atoms with Gasteiger partial charge in [0.15, 0.2) is 0 Å². The predicted molar refractivity (Wildman–Crippen MR) is 72.0 cm³/mol. The summed E-state index contributed by atoms with van der Waals surface area (Å²) in [5.74, 6) is 0. The highest BCUT2D eigenvalue weighted by atomic mass is 32.1. The fraction of sp³-hybridized carbons (Fsp3) is 0.250. The van der Waals surface area contributed by atoms with Gasteiger partial charge in [-0.05, 0) is 25.5 Å². The third kappa shape index (κ3) is 2.65. The molecule has 0 fully saturated rings. The summed E-state index contributed by atoms with van der Waals surface area (Å²) in [6.07, 6.45) is 0. The topological polar surface area (TPSA) is 68.1 Å². The van der Waals surface area contributed by atoms with Crippen LogP contribution in [-0.4, -0.2) is 9.91 Å². The van der Waals surface area contributed by atoms with E-state index >= 15 is 0 Å². The van der Waals surface area contributed by atoms with Crippen molar-refractivity contribution in [1.29, 1.82) is 0 Å². The van der Waals surface area contributed by atoms with Crippen LogP contribution >= 0.6 is 11.3 Å². The third-order valence-electron chi connectivity index (χ3n) is 2.62. The molecular formula is C12H13N3O2S. The summed E-state index contributed by atoms with van der Waals surface area (Å²) in [5, 5.41) is 16.0. The fourth-order valence-electron chi connectivity index (χ4n) is 1.66. The van der Waals surface area contributed by atoms with Gasteiger partial charge < -0.3 is 5.32 Å². The number of rotatable bonds is 4. The average Bonchev–Trinajstić information content (AvgIpc) is 2.84. The molecule has 1 unspecified atom stereocenters. The molecule has 0 saturated heterocycles. The number of thiazole rings is 1. The first-order valence-electron chi connectivity index (χ1n) is 5.47. The van der Waals surface area contributed by atoms with Crippen molar-refractivity contribution >= 4 is 22.7 Å². The van der Waals surface area contributed by atoms with E-state index in [2.05, 4.69) is 10.3 Å². The van der Waals surface area contributed by atoms with Crippen molar-refractivity contribution in [3.05, 3.63) is 50.5 Å². The van der Waals surface area contributed by atoms with Crippen molar-refractivity contribution in [2.24, 2.45) is 0 Å². The molecule has 5 nitrogen and oxygen atoms in total. The Morgan fingerprint density at radius 1 is 1.50 bits per heavy atom. The molecular weight excluding hydrogens is 250 g/mol. The summed E-state index contributed by atoms with van der Waals surface area (Å²) in [4.78, 5) is 14.8. The molecule has 1 heterocycles. The minimum Gasteiger partial charge on any atom is -0.371 e. The number of aryl methyl sites for hydroxylation is 1. The number of anilines is 1. The van der Waals surface area contributed by atoms with E-state index in [1.807, 2.05) is 25.3 Å². The predicted octanol–water partition coefficient (Wildman–Crippen LogP) is 3.53. The molecule has 0 aliphatic carbocycles. The number of hydrogen-bond donors (Lipinski definition) is 1. The number of nitro benzene ring substituents is 1. The van der Waals surface area contributed by atoms with E-state index < -0.39 is 0 Å². The molecule has 1 aromatic carbocycles. The number of nitrogens with one attached hydrogen (secondary N) is 1. The van der Waals surface area contributed by atoms with Crippen LogP contribution in [0.2, 0.25) is 0 Å². The maximum Gasteiger partial charge on any atom is 0.292 e. The van der Waals surface area contributed by atoms with Crippen LogP contribution in [0.3, 0.4) is 0 Å². The number of aromatic nitrogens is 1. The Labute approximate surface area is 109 Å². The number of nitrogens with zero attached hydrogens (tertiary/aromatic N) is 2. The van der Waals surface area contributed by atoms with E-state index in [1.54, 1.807) is 17.6 Å². The first kappa shape index (κ1) is 12.5. The van der Waals surface area contributed by atoms with Crippen LogP contribution in [0.5, 0.6) is 0 Å². The molecule has 94 valence electrons. The zero-order valence-electron chi connectivity index (χ0n) is 10.1. The molecule has 0 spiro atoms. The zero-order valence-corrected chi connectivity index (χ0v) is 10.9. The summed E-state index contributed by atoms with van der Waals surface area (Å²) >= 11 is 1.51. The normalized spacial score (nSPS) is 12.1. The van der Waals surface area contributed by atoms with Crippen LogP contribution in [0, 0.1) is 17.0 Å². The molecule has 1 atom stereocenters. The lowest BCUT2D eigenvalue weighted by Gasteiger charge is -2.13. The van der Waals surface area contributed by atoms with Crippen molar-refractivity contribution in [2.45, 2.75) is 19.9 Å². The largest absolute Gasteiger partial charge is 0.371 e. The first-order chi connectivity index (χ1) is 8.58. The highest BCUT2D eigenvalue weighted by Gasteiger charge is 2.16. The van der Waals surface area contributed by atoms with Gasteiger partial charge in [0.05, 0.1) is 22.2 Å². The Balaban J connectivity index is 2.26. The van der Waals surface area contributed by atoms with E-state index in [1.165, 1.54) is 11.3 Å². The van der Waals surface area contributed by atoms with Gasteiger partial charge in [0.2, 0.25) is 0 Å². The zero-order chi connectivity index (χ0) is 13.1. The summed E-state index contributed by atoms with van der Waals surface area (Å²) in [6, 6.07) is 5.09. The van der Waals surface area contributed by atoms with Crippen LogP contribution in [0.15, 0.2) is 29.1 Å². The smallest absolute Gasteiger partial charge is 0.292 e. The van der Waals surface area contributed by atoms with Crippen LogP contribution in [0.25, 0.3) is 0 Å². The SMILES string of the molecule is Cc1ccc(NC(C)c2cscn2)c([N+](=O)[O-])c1. The van der Waals surface area contributed by atoms with Gasteiger partial charge in [0, 0.05) is 11.4 Å². The highest BCUT2D eigenvalue weighted by Crippen LogP contribution is 2.28. The van der Waals surface area contributed by atoms with Crippen LogP contribution in [-0.2, 0) is 0 Å². The Hall–Kier alpha value is -1.95. The van der Waals surface area contributed by atoms with Gasteiger partial charge >= 0.3 is 0 Å². The Kier molecular flexibility index (Phi) is 3.57. The molecule has 1 aromatic heterocycles. The maximum atomic E-state index is 11.0. The lowest BCUT2D eigenvalue weighted by atomic mass is 10.1. The molecule has 0 saturated carbocycles. The van der Waals surface area contributed by atoms with E-state index in [9.17, 15) is 10.1 Å². The monoisotopic (exact) mass is 263 g/mol. The molecule has 0 aliphatic rings. The molecule has 2 rings (SSSR count). The molecule has 0 amide bonds. The molecule has 18 heavy (non-hydrogen) atoms. The highest BCUT2D eigenvalue weighted by molar-refractivity contribution is 7.07. The Morgan fingerprint density at radius 2 is 2.28 bits per heavy atom. The molecule has 2 aromatic rings. The van der Waals surface area contributed by atoms with Gasteiger partial charge in [-0.1, -0.05) is 6.07 Å². The fourth-order valence-corrected chi connectivity index (χ4v) is 2.31. The Morgan fingerprint density at radius 3 is 2.89 bits per heavy atom. The molecule has 0 aliphatic heterocycles. The second-order valence-corrected chi connectivity index (χ2v) is 4.78. The summed E-state index contributed by atoms with van der Waals surface area (Å²) < 4.78 is 0. The standard InChI is InChI=1S/C12H13N3O2S/c1-8-3-4-10(12(5-8)15(16)17)14-9(2)11-6-18-7-13-11/h3-7,9,14H,1-2H3. The number of benzene rings is 1. The second-order valence-electron chi connectivity index (χ2n) is 4.06. The molecule has 0 radical (unpaired) electrons. The van der Waals surface area contributed by atoms with Crippen molar-refractivity contribution in [3.63, 3.8) is 0 Å². The summed E-state index contributed by atoms with van der Waals surface area (Å²) in [7, 11) is 0. The van der Waals surface area contributed by atoms with E-state index in [0.29, 0.717) is 5.69 Å². The lowest BCUT2D eigenvalue weighted by molar-refractivity contribution is -0.384. The Bertz CT molecular complexity index is 554. The third-order valence-corrected chi connectivity index (χ3v) is 3.22. The van der Waals surface area contributed by atoms with E-state index in [4.69, 9.17) is 0 Å². The quantitative estimate of drug-likeness (QED) is 0.676. The summed E-state index contributed by atoms with van der Waals surface area (Å²) in [5.41, 5.74) is 4.11. The second kappa shape index (κ2) is 5.14. The maximum absolute atomic E-state index is 11.0. The van der Waals surface area contributed by atoms with Gasteiger partial charge in [-0.2, -0.15) is 0 Å². The van der Waals surface area contributed by atoms with Gasteiger partial charge in [-0.15, -0.1) is 11.3 Å². The van der Waals surface area contributed by atoms with Crippen molar-refractivity contribution in [1.82, 2.24) is 4.98 Å². The van der Waals surface area contributed by atoms with Gasteiger partial charge in [0.1, 0.15) is 5.69 Å². The van der Waals surface area contributed by atoms with Crippen molar-refractivity contribution < 1.29 is 4.92 Å². The van der Waals surface area contributed by atoms with Crippen LogP contribution in [0.4, 0.5) is 11.4 Å². The van der Waals surface area contributed by atoms with E-state index in [-0.39, 0.29) is 16.7 Å². The first-order valence-corrected chi connectivity index (χ1v) is 6.42. The van der Waals surface area contributed by atoms with Crippen LogP contribution in [0.1, 0.15) is 24.2 Å². The minimum atomic E-state index is -0.372. The van der Waals surface area contributed by atoms with Crippen molar-refractivity contribution in [2.75, 3.05) is 5.32 Å². The number of hydrogen-bond acceptors (Lipinski definition) is 5. The average molecular weight is 263 g/mol. The molecule has 6 heteroatoms. The van der Waals surface area contributed by atoms with Crippen LogP contribution < -0.4 is 5.32 Å². The minimum absolute atomic E-state index is 0.0577. The van der Waals surface area contributed by atoms with Gasteiger partial charge in [-0.25, -0.2) is 4.98 Å². The molecule has 0 bridgehead atoms. The van der Waals surface area contributed by atoms with Gasteiger partial charge in [-0.3, -0.25) is 10.1 Å².